The molecule has 0 saturated heterocycles. The van der Waals surface area contributed by atoms with Crippen molar-refractivity contribution in [2.24, 2.45) is 0 Å². The van der Waals surface area contributed by atoms with Crippen LogP contribution in [0.3, 0.4) is 0 Å². The van der Waals surface area contributed by atoms with Crippen LogP contribution in [0.2, 0.25) is 0 Å². The van der Waals surface area contributed by atoms with Gasteiger partial charge in [0.2, 0.25) is 0 Å². The van der Waals surface area contributed by atoms with Crippen molar-refractivity contribution in [3.63, 3.8) is 0 Å². The highest BCUT2D eigenvalue weighted by atomic mass is 19.1. The fourth-order valence-electron chi connectivity index (χ4n) is 1.60. The summed E-state index contributed by atoms with van der Waals surface area (Å²) in [5, 5.41) is 3.15. The van der Waals surface area contributed by atoms with Crippen molar-refractivity contribution < 1.29 is 4.39 Å². The zero-order valence-corrected chi connectivity index (χ0v) is 9.65. The van der Waals surface area contributed by atoms with Crippen molar-refractivity contribution in [2.75, 3.05) is 11.9 Å². The minimum absolute atomic E-state index is 0.162. The topological polar surface area (TPSA) is 37.8 Å². The van der Waals surface area contributed by atoms with E-state index >= 15 is 0 Å². The predicted molar refractivity (Wildman–Crippen MR) is 65.4 cm³/mol. The Bertz CT molecular complexity index is 454. The van der Waals surface area contributed by atoms with Gasteiger partial charge in [-0.25, -0.2) is 9.37 Å². The van der Waals surface area contributed by atoms with Crippen LogP contribution in [0.15, 0.2) is 36.7 Å². The Kier molecular flexibility index (Phi) is 3.65. The van der Waals surface area contributed by atoms with Crippen LogP contribution < -0.4 is 5.32 Å². The van der Waals surface area contributed by atoms with Gasteiger partial charge in [0.1, 0.15) is 11.6 Å². The van der Waals surface area contributed by atoms with Gasteiger partial charge in [0.25, 0.3) is 0 Å². The first-order valence-electron chi connectivity index (χ1n) is 5.52. The SMILES string of the molecule is Cc1nccnc1NCCc1ccccc1F. The number of aryl methyl sites for hydroxylation is 1. The first-order chi connectivity index (χ1) is 8.27. The maximum Gasteiger partial charge on any atom is 0.147 e. The average Bonchev–Trinajstić information content (AvgIpc) is 2.34. The van der Waals surface area contributed by atoms with E-state index in [1.807, 2.05) is 13.0 Å². The monoisotopic (exact) mass is 231 g/mol. The van der Waals surface area contributed by atoms with Gasteiger partial charge in [0.05, 0.1) is 5.69 Å². The Balaban J connectivity index is 1.93. The quantitative estimate of drug-likeness (QED) is 0.878. The third-order valence-corrected chi connectivity index (χ3v) is 2.53. The van der Waals surface area contributed by atoms with Crippen LogP contribution in [0, 0.1) is 12.7 Å². The molecule has 0 atom stereocenters. The second-order valence-corrected chi connectivity index (χ2v) is 3.76. The zero-order valence-electron chi connectivity index (χ0n) is 9.65. The summed E-state index contributed by atoms with van der Waals surface area (Å²) in [6.07, 6.45) is 3.92. The van der Waals surface area contributed by atoms with Gasteiger partial charge in [0, 0.05) is 18.9 Å². The first kappa shape index (κ1) is 11.5. The molecule has 0 bridgehead atoms. The van der Waals surface area contributed by atoms with Gasteiger partial charge >= 0.3 is 0 Å². The molecule has 88 valence electrons. The number of nitrogens with zero attached hydrogens (tertiary/aromatic N) is 2. The minimum Gasteiger partial charge on any atom is -0.368 e. The van der Waals surface area contributed by atoms with Crippen molar-refractivity contribution in [2.45, 2.75) is 13.3 Å². The molecular weight excluding hydrogens is 217 g/mol. The molecule has 3 nitrogen and oxygen atoms in total. The zero-order chi connectivity index (χ0) is 12.1. The van der Waals surface area contributed by atoms with E-state index in [4.69, 9.17) is 0 Å². The van der Waals surface area contributed by atoms with Crippen molar-refractivity contribution in [1.29, 1.82) is 0 Å². The normalized spacial score (nSPS) is 10.2. The number of halogens is 1. The molecule has 0 aliphatic heterocycles. The second kappa shape index (κ2) is 5.39. The number of hydrogen-bond acceptors (Lipinski definition) is 3. The van der Waals surface area contributed by atoms with E-state index in [1.54, 1.807) is 24.5 Å². The van der Waals surface area contributed by atoms with Gasteiger partial charge < -0.3 is 5.32 Å². The Labute approximate surface area is 99.7 Å². The number of anilines is 1. The minimum atomic E-state index is -0.162. The van der Waals surface area contributed by atoms with Crippen LogP contribution >= 0.6 is 0 Å². The van der Waals surface area contributed by atoms with E-state index < -0.39 is 0 Å². The van der Waals surface area contributed by atoms with Gasteiger partial charge in [-0.05, 0) is 25.0 Å². The highest BCUT2D eigenvalue weighted by Crippen LogP contribution is 2.09. The highest BCUT2D eigenvalue weighted by molar-refractivity contribution is 5.38. The van der Waals surface area contributed by atoms with Gasteiger partial charge in [0.15, 0.2) is 0 Å². The summed E-state index contributed by atoms with van der Waals surface area (Å²) >= 11 is 0. The smallest absolute Gasteiger partial charge is 0.147 e. The lowest BCUT2D eigenvalue weighted by molar-refractivity contribution is 0.610. The Morgan fingerprint density at radius 2 is 1.94 bits per heavy atom. The molecule has 1 heterocycles. The fourth-order valence-corrected chi connectivity index (χ4v) is 1.60. The van der Waals surface area contributed by atoms with Crippen molar-refractivity contribution in [3.05, 3.63) is 53.7 Å². The molecule has 0 spiro atoms. The Hall–Kier alpha value is -1.97. The van der Waals surface area contributed by atoms with Gasteiger partial charge in [-0.1, -0.05) is 18.2 Å². The van der Waals surface area contributed by atoms with Crippen LogP contribution in [0.1, 0.15) is 11.3 Å². The fraction of sp³-hybridized carbons (Fsp3) is 0.231. The third-order valence-electron chi connectivity index (χ3n) is 2.53. The molecular formula is C13H14FN3. The summed E-state index contributed by atoms with van der Waals surface area (Å²) in [7, 11) is 0. The molecule has 0 fully saturated rings. The summed E-state index contributed by atoms with van der Waals surface area (Å²) in [6, 6.07) is 6.80. The molecule has 0 amide bonds. The molecule has 0 radical (unpaired) electrons. The van der Waals surface area contributed by atoms with Crippen molar-refractivity contribution >= 4 is 5.82 Å². The summed E-state index contributed by atoms with van der Waals surface area (Å²) in [6.45, 7) is 2.53. The van der Waals surface area contributed by atoms with E-state index in [0.717, 1.165) is 11.5 Å². The molecule has 2 rings (SSSR count). The van der Waals surface area contributed by atoms with Crippen LogP contribution in [0.5, 0.6) is 0 Å². The molecule has 1 aromatic carbocycles. The van der Waals surface area contributed by atoms with E-state index in [2.05, 4.69) is 15.3 Å². The predicted octanol–water partition coefficient (Wildman–Crippen LogP) is 2.58. The van der Waals surface area contributed by atoms with Crippen LogP contribution in [0.25, 0.3) is 0 Å². The standard InChI is InChI=1S/C13H14FN3/c1-10-13(17-9-8-15-10)16-7-6-11-4-2-3-5-12(11)14/h2-5,8-9H,6-7H2,1H3,(H,16,17). The van der Waals surface area contributed by atoms with E-state index in [-0.39, 0.29) is 5.82 Å². The second-order valence-electron chi connectivity index (χ2n) is 3.76. The summed E-state index contributed by atoms with van der Waals surface area (Å²) < 4.78 is 13.3. The summed E-state index contributed by atoms with van der Waals surface area (Å²) in [5.41, 5.74) is 1.56. The average molecular weight is 231 g/mol. The van der Waals surface area contributed by atoms with Gasteiger partial charge in [-0.2, -0.15) is 0 Å². The molecule has 0 aliphatic rings. The van der Waals surface area contributed by atoms with Gasteiger partial charge in [-0.15, -0.1) is 0 Å². The molecule has 0 unspecified atom stereocenters. The molecule has 0 saturated carbocycles. The highest BCUT2D eigenvalue weighted by Gasteiger charge is 2.02. The maximum absolute atomic E-state index is 13.3. The molecule has 1 N–H and O–H groups in total. The lowest BCUT2D eigenvalue weighted by Crippen LogP contribution is -2.09. The number of rotatable bonds is 4. The summed E-state index contributed by atoms with van der Waals surface area (Å²) in [4.78, 5) is 8.29. The van der Waals surface area contributed by atoms with Crippen molar-refractivity contribution in [3.8, 4) is 0 Å². The molecule has 1 aromatic heterocycles. The Morgan fingerprint density at radius 1 is 1.18 bits per heavy atom. The van der Waals surface area contributed by atoms with E-state index in [9.17, 15) is 4.39 Å². The third kappa shape index (κ3) is 3.00. The maximum atomic E-state index is 13.3. The van der Waals surface area contributed by atoms with E-state index in [0.29, 0.717) is 18.5 Å². The lowest BCUT2D eigenvalue weighted by Gasteiger charge is -2.07. The first-order valence-corrected chi connectivity index (χ1v) is 5.52. The largest absolute Gasteiger partial charge is 0.368 e. The molecule has 17 heavy (non-hydrogen) atoms. The van der Waals surface area contributed by atoms with Crippen molar-refractivity contribution in [1.82, 2.24) is 9.97 Å². The van der Waals surface area contributed by atoms with Crippen LogP contribution in [0.4, 0.5) is 10.2 Å². The Morgan fingerprint density at radius 3 is 2.71 bits per heavy atom. The number of nitrogens with one attached hydrogen (secondary N) is 1. The van der Waals surface area contributed by atoms with Crippen LogP contribution in [-0.4, -0.2) is 16.5 Å². The number of aromatic nitrogens is 2. The van der Waals surface area contributed by atoms with E-state index in [1.165, 1.54) is 6.07 Å². The molecule has 0 aliphatic carbocycles. The molecule has 4 heteroatoms. The summed E-state index contributed by atoms with van der Waals surface area (Å²) in [5.74, 6) is 0.592. The number of hydrogen-bond donors (Lipinski definition) is 1. The number of benzene rings is 1. The molecule has 2 aromatic rings. The lowest BCUT2D eigenvalue weighted by atomic mass is 10.1. The van der Waals surface area contributed by atoms with Gasteiger partial charge in [-0.3, -0.25) is 4.98 Å². The van der Waals surface area contributed by atoms with Crippen LogP contribution in [-0.2, 0) is 6.42 Å².